The third-order valence-corrected chi connectivity index (χ3v) is 5.68. The Morgan fingerprint density at radius 1 is 1.24 bits per heavy atom. The first kappa shape index (κ1) is 13.8. The SMILES string of the molecule is CSc1ccccc1C(Br)c1cc(Cl)sc1Cl. The number of hydrogen-bond acceptors (Lipinski definition) is 2. The van der Waals surface area contributed by atoms with Crippen LogP contribution in [0.3, 0.4) is 0 Å². The van der Waals surface area contributed by atoms with E-state index in [0.717, 1.165) is 14.2 Å². The van der Waals surface area contributed by atoms with Crippen LogP contribution in [0.2, 0.25) is 8.67 Å². The van der Waals surface area contributed by atoms with Crippen LogP contribution >= 0.6 is 62.2 Å². The summed E-state index contributed by atoms with van der Waals surface area (Å²) in [5, 5.41) is 0. The molecule has 0 N–H and O–H groups in total. The molecule has 2 aromatic rings. The zero-order valence-corrected chi connectivity index (χ0v) is 13.6. The molecular weight excluding hydrogens is 359 g/mol. The lowest BCUT2D eigenvalue weighted by Gasteiger charge is -2.13. The summed E-state index contributed by atoms with van der Waals surface area (Å²) in [6, 6.07) is 10.2. The second-order valence-electron chi connectivity index (χ2n) is 3.38. The fourth-order valence-electron chi connectivity index (χ4n) is 1.57. The van der Waals surface area contributed by atoms with Crippen molar-refractivity contribution in [3.63, 3.8) is 0 Å². The zero-order valence-electron chi connectivity index (χ0n) is 8.91. The van der Waals surface area contributed by atoms with Crippen molar-refractivity contribution in [2.45, 2.75) is 9.72 Å². The van der Waals surface area contributed by atoms with Gasteiger partial charge in [0, 0.05) is 10.5 Å². The standard InChI is InChI=1S/C12H9BrCl2S2/c1-16-9-5-3-2-4-7(9)11(13)8-6-10(14)17-12(8)15/h2-6,11H,1H3. The van der Waals surface area contributed by atoms with Gasteiger partial charge in [0.2, 0.25) is 0 Å². The van der Waals surface area contributed by atoms with Crippen LogP contribution in [0.1, 0.15) is 16.0 Å². The van der Waals surface area contributed by atoms with Gasteiger partial charge in [-0.05, 0) is 24.0 Å². The molecule has 0 bridgehead atoms. The van der Waals surface area contributed by atoms with Crippen molar-refractivity contribution in [2.75, 3.05) is 6.26 Å². The molecular formula is C12H9BrCl2S2. The van der Waals surface area contributed by atoms with Crippen LogP contribution in [0.15, 0.2) is 35.2 Å². The molecule has 0 spiro atoms. The molecule has 1 unspecified atom stereocenters. The molecule has 2 rings (SSSR count). The van der Waals surface area contributed by atoms with Crippen molar-refractivity contribution < 1.29 is 0 Å². The van der Waals surface area contributed by atoms with E-state index in [-0.39, 0.29) is 4.83 Å². The number of thioether (sulfide) groups is 1. The Kier molecular flexibility index (Phi) is 4.84. The van der Waals surface area contributed by atoms with Gasteiger partial charge in [-0.2, -0.15) is 0 Å². The number of benzene rings is 1. The monoisotopic (exact) mass is 366 g/mol. The van der Waals surface area contributed by atoms with Gasteiger partial charge in [-0.1, -0.05) is 57.3 Å². The van der Waals surface area contributed by atoms with Crippen molar-refractivity contribution in [2.24, 2.45) is 0 Å². The second kappa shape index (κ2) is 5.98. The van der Waals surface area contributed by atoms with E-state index in [0.29, 0.717) is 0 Å². The average molecular weight is 368 g/mol. The summed E-state index contributed by atoms with van der Waals surface area (Å²) >= 11 is 19.0. The van der Waals surface area contributed by atoms with Crippen LogP contribution in [0, 0.1) is 0 Å². The minimum absolute atomic E-state index is 0.0856. The molecule has 0 amide bonds. The molecule has 0 saturated carbocycles. The summed E-state index contributed by atoms with van der Waals surface area (Å²) in [5.41, 5.74) is 2.25. The first-order chi connectivity index (χ1) is 8.13. The first-order valence-corrected chi connectivity index (χ1v) is 8.56. The number of halogens is 3. The lowest BCUT2D eigenvalue weighted by Crippen LogP contribution is -1.93. The number of thiophene rings is 1. The van der Waals surface area contributed by atoms with Crippen LogP contribution < -0.4 is 0 Å². The van der Waals surface area contributed by atoms with Crippen molar-refractivity contribution in [1.29, 1.82) is 0 Å². The minimum Gasteiger partial charge on any atom is -0.129 e. The highest BCUT2D eigenvalue weighted by molar-refractivity contribution is 9.09. The summed E-state index contributed by atoms with van der Waals surface area (Å²) < 4.78 is 1.46. The van der Waals surface area contributed by atoms with Gasteiger partial charge in [-0.15, -0.1) is 23.1 Å². The van der Waals surface area contributed by atoms with Crippen LogP contribution in [0.5, 0.6) is 0 Å². The molecule has 17 heavy (non-hydrogen) atoms. The fraction of sp³-hybridized carbons (Fsp3) is 0.167. The normalized spacial score (nSPS) is 12.7. The maximum absolute atomic E-state index is 6.18. The fourth-order valence-corrected chi connectivity index (χ4v) is 4.93. The molecule has 5 heteroatoms. The third-order valence-electron chi connectivity index (χ3n) is 2.37. The van der Waals surface area contributed by atoms with Gasteiger partial charge in [0.05, 0.1) is 13.5 Å². The van der Waals surface area contributed by atoms with Crippen molar-refractivity contribution >= 4 is 62.2 Å². The summed E-state index contributed by atoms with van der Waals surface area (Å²) in [4.78, 5) is 1.33. The van der Waals surface area contributed by atoms with E-state index in [4.69, 9.17) is 23.2 Å². The molecule has 1 heterocycles. The number of alkyl halides is 1. The maximum Gasteiger partial charge on any atom is 0.0990 e. The molecule has 0 aliphatic carbocycles. The lowest BCUT2D eigenvalue weighted by molar-refractivity contribution is 1.13. The van der Waals surface area contributed by atoms with Crippen LogP contribution in [0.4, 0.5) is 0 Å². The van der Waals surface area contributed by atoms with E-state index >= 15 is 0 Å². The Bertz CT molecular complexity index is 525. The molecule has 1 aromatic carbocycles. The van der Waals surface area contributed by atoms with Crippen LogP contribution in [0.25, 0.3) is 0 Å². The van der Waals surface area contributed by atoms with Gasteiger partial charge in [0.25, 0.3) is 0 Å². The summed E-state index contributed by atoms with van der Waals surface area (Å²) in [7, 11) is 0. The van der Waals surface area contributed by atoms with E-state index < -0.39 is 0 Å². The Hall–Kier alpha value is 0.330. The maximum atomic E-state index is 6.18. The van der Waals surface area contributed by atoms with Crippen LogP contribution in [-0.4, -0.2) is 6.26 Å². The molecule has 1 aromatic heterocycles. The van der Waals surface area contributed by atoms with Gasteiger partial charge in [-0.3, -0.25) is 0 Å². The highest BCUT2D eigenvalue weighted by Crippen LogP contribution is 2.43. The van der Waals surface area contributed by atoms with Gasteiger partial charge < -0.3 is 0 Å². The average Bonchev–Trinajstić information content (AvgIpc) is 2.67. The molecule has 1 atom stereocenters. The van der Waals surface area contributed by atoms with Gasteiger partial charge in [0.1, 0.15) is 0 Å². The summed E-state index contributed by atoms with van der Waals surface area (Å²) in [6.45, 7) is 0. The van der Waals surface area contributed by atoms with Crippen molar-refractivity contribution in [3.05, 3.63) is 50.1 Å². The van der Waals surface area contributed by atoms with Crippen molar-refractivity contribution in [1.82, 2.24) is 0 Å². The summed E-state index contributed by atoms with van der Waals surface area (Å²) in [6.07, 6.45) is 2.07. The quantitative estimate of drug-likeness (QED) is 0.455. The largest absolute Gasteiger partial charge is 0.129 e. The zero-order chi connectivity index (χ0) is 12.4. The topological polar surface area (TPSA) is 0 Å². The molecule has 90 valence electrons. The predicted octanol–water partition coefficient (Wildman–Crippen LogP) is 6.26. The molecule has 0 fully saturated rings. The van der Waals surface area contributed by atoms with Gasteiger partial charge >= 0.3 is 0 Å². The molecule has 0 aliphatic heterocycles. The smallest absolute Gasteiger partial charge is 0.0990 e. The molecule has 0 radical (unpaired) electrons. The Morgan fingerprint density at radius 3 is 2.53 bits per heavy atom. The number of rotatable bonds is 3. The number of hydrogen-bond donors (Lipinski definition) is 0. The molecule has 0 nitrogen and oxygen atoms in total. The van der Waals surface area contributed by atoms with E-state index in [1.54, 1.807) is 11.8 Å². The molecule has 0 aliphatic rings. The first-order valence-electron chi connectivity index (χ1n) is 4.85. The minimum atomic E-state index is 0.0856. The molecule has 0 saturated heterocycles. The third kappa shape index (κ3) is 3.02. The Balaban J connectivity index is 2.43. The Labute approximate surface area is 127 Å². The highest BCUT2D eigenvalue weighted by Gasteiger charge is 2.18. The van der Waals surface area contributed by atoms with E-state index in [2.05, 4.69) is 34.3 Å². The van der Waals surface area contributed by atoms with Gasteiger partial charge in [-0.25, -0.2) is 0 Å². The predicted molar refractivity (Wildman–Crippen MR) is 83.3 cm³/mol. The van der Waals surface area contributed by atoms with Crippen LogP contribution in [-0.2, 0) is 0 Å². The highest BCUT2D eigenvalue weighted by atomic mass is 79.9. The summed E-state index contributed by atoms with van der Waals surface area (Å²) in [5.74, 6) is 0. The van der Waals surface area contributed by atoms with Gasteiger partial charge in [0.15, 0.2) is 0 Å². The van der Waals surface area contributed by atoms with E-state index in [1.165, 1.54) is 21.8 Å². The van der Waals surface area contributed by atoms with Crippen molar-refractivity contribution in [3.8, 4) is 0 Å². The van der Waals surface area contributed by atoms with E-state index in [9.17, 15) is 0 Å². The lowest BCUT2D eigenvalue weighted by atomic mass is 10.1. The Morgan fingerprint density at radius 2 is 1.94 bits per heavy atom. The van der Waals surface area contributed by atoms with E-state index in [1.807, 2.05) is 18.2 Å². The second-order valence-corrected chi connectivity index (χ2v) is 7.43.